The number of carboxylic acids is 1. The first-order valence-corrected chi connectivity index (χ1v) is 6.73. The monoisotopic (exact) mass is 298 g/mol. The van der Waals surface area contributed by atoms with Crippen LogP contribution in [0.5, 0.6) is 0 Å². The summed E-state index contributed by atoms with van der Waals surface area (Å²) in [6, 6.07) is 1.92. The molecule has 2 rings (SSSR count). The van der Waals surface area contributed by atoms with Crippen LogP contribution in [0.15, 0.2) is 18.2 Å². The molecule has 3 N–H and O–H groups in total. The first kappa shape index (κ1) is 15.2. The number of carbonyl (C=O) groups excluding carboxylic acids is 1. The highest BCUT2D eigenvalue weighted by molar-refractivity contribution is 5.89. The number of anilines is 1. The van der Waals surface area contributed by atoms with Crippen molar-refractivity contribution in [3.63, 3.8) is 0 Å². The van der Waals surface area contributed by atoms with E-state index in [2.05, 4.69) is 10.6 Å². The summed E-state index contributed by atoms with van der Waals surface area (Å²) in [7, 11) is 0. The largest absolute Gasteiger partial charge is 0.481 e. The molecule has 114 valence electrons. The summed E-state index contributed by atoms with van der Waals surface area (Å²) in [6.07, 6.45) is 2.77. The molecule has 0 heterocycles. The summed E-state index contributed by atoms with van der Waals surface area (Å²) in [5, 5.41) is 14.1. The van der Waals surface area contributed by atoms with Gasteiger partial charge in [-0.25, -0.2) is 13.6 Å². The zero-order valence-corrected chi connectivity index (χ0v) is 11.2. The Morgan fingerprint density at radius 1 is 1.14 bits per heavy atom. The highest BCUT2D eigenvalue weighted by Gasteiger charge is 2.31. The lowest BCUT2D eigenvalue weighted by molar-refractivity contribution is -0.143. The van der Waals surface area contributed by atoms with E-state index in [0.29, 0.717) is 12.8 Å². The van der Waals surface area contributed by atoms with Gasteiger partial charge in [-0.1, -0.05) is 12.8 Å². The van der Waals surface area contributed by atoms with E-state index in [1.54, 1.807) is 0 Å². The number of carbonyl (C=O) groups is 2. The van der Waals surface area contributed by atoms with Crippen molar-refractivity contribution in [2.24, 2.45) is 5.92 Å². The minimum atomic E-state index is -1.06. The van der Waals surface area contributed by atoms with Crippen LogP contribution in [0.2, 0.25) is 0 Å². The molecule has 2 unspecified atom stereocenters. The maximum absolute atomic E-state index is 13.0. The van der Waals surface area contributed by atoms with Crippen LogP contribution in [0.4, 0.5) is 19.3 Å². The summed E-state index contributed by atoms with van der Waals surface area (Å²) in [4.78, 5) is 22.9. The molecule has 0 spiro atoms. The summed E-state index contributed by atoms with van der Waals surface area (Å²) < 4.78 is 25.8. The predicted molar refractivity (Wildman–Crippen MR) is 71.9 cm³/mol. The smallest absolute Gasteiger partial charge is 0.319 e. The van der Waals surface area contributed by atoms with Crippen molar-refractivity contribution in [2.45, 2.75) is 31.7 Å². The quantitative estimate of drug-likeness (QED) is 0.803. The van der Waals surface area contributed by atoms with Crippen molar-refractivity contribution in [1.29, 1.82) is 0 Å². The van der Waals surface area contributed by atoms with Gasteiger partial charge in [-0.3, -0.25) is 4.79 Å². The highest BCUT2D eigenvalue weighted by Crippen LogP contribution is 2.24. The molecule has 1 aromatic rings. The predicted octanol–water partition coefficient (Wildman–Crippen LogP) is 2.73. The Kier molecular flexibility index (Phi) is 4.72. The minimum Gasteiger partial charge on any atom is -0.481 e. The van der Waals surface area contributed by atoms with Gasteiger partial charge in [-0.15, -0.1) is 0 Å². The maximum Gasteiger partial charge on any atom is 0.319 e. The van der Waals surface area contributed by atoms with Gasteiger partial charge in [-0.2, -0.15) is 0 Å². The van der Waals surface area contributed by atoms with Crippen LogP contribution in [0, 0.1) is 17.6 Å². The Bertz CT molecular complexity index is 551. The number of hydrogen-bond donors (Lipinski definition) is 3. The molecule has 1 aliphatic rings. The van der Waals surface area contributed by atoms with Crippen LogP contribution in [0.1, 0.15) is 25.7 Å². The van der Waals surface area contributed by atoms with E-state index in [4.69, 9.17) is 5.11 Å². The molecule has 0 saturated heterocycles. The number of hydrogen-bond acceptors (Lipinski definition) is 2. The molecular weight excluding hydrogens is 282 g/mol. The van der Waals surface area contributed by atoms with Crippen LogP contribution >= 0.6 is 0 Å². The molecule has 1 saturated carbocycles. The van der Waals surface area contributed by atoms with Gasteiger partial charge in [0.1, 0.15) is 0 Å². The van der Waals surface area contributed by atoms with Gasteiger partial charge >= 0.3 is 12.0 Å². The number of nitrogens with one attached hydrogen (secondary N) is 2. The van der Waals surface area contributed by atoms with E-state index in [1.807, 2.05) is 0 Å². The molecule has 2 amide bonds. The molecule has 0 bridgehead atoms. The van der Waals surface area contributed by atoms with Gasteiger partial charge in [0.2, 0.25) is 0 Å². The van der Waals surface area contributed by atoms with E-state index in [9.17, 15) is 18.4 Å². The summed E-state index contributed by atoms with van der Waals surface area (Å²) >= 11 is 0. The number of carboxylic acid groups (broad SMARTS) is 1. The van der Waals surface area contributed by atoms with Crippen molar-refractivity contribution in [3.05, 3.63) is 29.8 Å². The number of benzene rings is 1. The number of amides is 2. The van der Waals surface area contributed by atoms with Crippen molar-refractivity contribution in [3.8, 4) is 0 Å². The van der Waals surface area contributed by atoms with Crippen LogP contribution in [0.3, 0.4) is 0 Å². The Balaban J connectivity index is 1.97. The Morgan fingerprint density at radius 2 is 1.86 bits per heavy atom. The first-order valence-electron chi connectivity index (χ1n) is 6.73. The molecule has 0 aromatic heterocycles. The van der Waals surface area contributed by atoms with Crippen LogP contribution in [0.25, 0.3) is 0 Å². The average molecular weight is 298 g/mol. The summed E-state index contributed by atoms with van der Waals surface area (Å²) in [5.41, 5.74) is 0.106. The number of halogens is 2. The SMILES string of the molecule is O=C(Nc1ccc(F)c(F)c1)NC1CCCCC1C(=O)O. The van der Waals surface area contributed by atoms with Gasteiger partial charge in [0.15, 0.2) is 11.6 Å². The van der Waals surface area contributed by atoms with E-state index in [1.165, 1.54) is 6.07 Å². The van der Waals surface area contributed by atoms with Crippen molar-refractivity contribution < 1.29 is 23.5 Å². The van der Waals surface area contributed by atoms with E-state index in [0.717, 1.165) is 25.0 Å². The van der Waals surface area contributed by atoms with Gasteiger partial charge in [-0.05, 0) is 25.0 Å². The molecule has 1 aromatic carbocycles. The van der Waals surface area contributed by atoms with Crippen LogP contribution in [-0.4, -0.2) is 23.1 Å². The second-order valence-corrected chi connectivity index (χ2v) is 5.06. The molecule has 7 heteroatoms. The molecule has 0 radical (unpaired) electrons. The van der Waals surface area contributed by atoms with E-state index in [-0.39, 0.29) is 5.69 Å². The fourth-order valence-corrected chi connectivity index (χ4v) is 2.51. The fraction of sp³-hybridized carbons (Fsp3) is 0.429. The number of aliphatic carboxylic acids is 1. The van der Waals surface area contributed by atoms with Gasteiger partial charge in [0.05, 0.1) is 5.92 Å². The third-order valence-electron chi connectivity index (χ3n) is 3.58. The molecule has 2 atom stereocenters. The normalized spacial score (nSPS) is 21.6. The number of rotatable bonds is 3. The molecular formula is C14H16F2N2O3. The van der Waals surface area contributed by atoms with Crippen molar-refractivity contribution >= 4 is 17.7 Å². The molecule has 21 heavy (non-hydrogen) atoms. The minimum absolute atomic E-state index is 0.106. The highest BCUT2D eigenvalue weighted by atomic mass is 19.2. The lowest BCUT2D eigenvalue weighted by atomic mass is 9.84. The molecule has 5 nitrogen and oxygen atoms in total. The van der Waals surface area contributed by atoms with Crippen LogP contribution in [-0.2, 0) is 4.79 Å². The lowest BCUT2D eigenvalue weighted by Gasteiger charge is -2.29. The summed E-state index contributed by atoms with van der Waals surface area (Å²) in [5.74, 6) is -3.62. The molecule has 1 fully saturated rings. The zero-order valence-electron chi connectivity index (χ0n) is 11.2. The second kappa shape index (κ2) is 6.51. The maximum atomic E-state index is 13.0. The number of urea groups is 1. The first-order chi connectivity index (χ1) is 9.97. The summed E-state index contributed by atoms with van der Waals surface area (Å²) in [6.45, 7) is 0. The Labute approximate surface area is 120 Å². The third kappa shape index (κ3) is 3.90. The second-order valence-electron chi connectivity index (χ2n) is 5.06. The standard InChI is InChI=1S/C14H16F2N2O3/c15-10-6-5-8(7-11(10)16)17-14(21)18-12-4-2-1-3-9(12)13(19)20/h5-7,9,12H,1-4H2,(H,19,20)(H2,17,18,21). The van der Waals surface area contributed by atoms with Crippen molar-refractivity contribution in [1.82, 2.24) is 5.32 Å². The van der Waals surface area contributed by atoms with Gasteiger partial charge in [0.25, 0.3) is 0 Å². The topological polar surface area (TPSA) is 78.4 Å². The van der Waals surface area contributed by atoms with Crippen LogP contribution < -0.4 is 10.6 Å². The van der Waals surface area contributed by atoms with Crippen molar-refractivity contribution in [2.75, 3.05) is 5.32 Å². The third-order valence-corrected chi connectivity index (χ3v) is 3.58. The fourth-order valence-electron chi connectivity index (χ4n) is 2.51. The zero-order chi connectivity index (χ0) is 15.4. The molecule has 0 aliphatic heterocycles. The van der Waals surface area contributed by atoms with Gasteiger partial charge in [0, 0.05) is 17.8 Å². The van der Waals surface area contributed by atoms with Gasteiger partial charge < -0.3 is 15.7 Å². The van der Waals surface area contributed by atoms with E-state index >= 15 is 0 Å². The molecule has 1 aliphatic carbocycles. The lowest BCUT2D eigenvalue weighted by Crippen LogP contribution is -2.46. The average Bonchev–Trinajstić information content (AvgIpc) is 2.43. The van der Waals surface area contributed by atoms with E-state index < -0.39 is 35.6 Å². The Morgan fingerprint density at radius 3 is 2.52 bits per heavy atom. The Hall–Kier alpha value is -2.18.